The van der Waals surface area contributed by atoms with Gasteiger partial charge in [-0.05, 0) is 38.1 Å². The Bertz CT molecular complexity index is 2710. The molecule has 10 rings (SSSR count). The second kappa shape index (κ2) is 15.8. The summed E-state index contributed by atoms with van der Waals surface area (Å²) in [4.78, 5) is 20.7. The van der Waals surface area contributed by atoms with E-state index in [1.54, 1.807) is 66.6 Å². The van der Waals surface area contributed by atoms with Crippen molar-refractivity contribution in [3.05, 3.63) is 91.3 Å². The van der Waals surface area contributed by atoms with Gasteiger partial charge in [0, 0.05) is 11.6 Å². The molecule has 0 spiro atoms. The number of fused-ring (bicyclic) bond motifs is 12. The van der Waals surface area contributed by atoms with Gasteiger partial charge in [-0.15, -0.1) is 0 Å². The van der Waals surface area contributed by atoms with Crippen LogP contribution in [0.3, 0.4) is 0 Å². The van der Waals surface area contributed by atoms with E-state index in [1.165, 1.54) is 16.8 Å². The fraction of sp³-hybridized carbons (Fsp3) is 0.380. The Kier molecular flexibility index (Phi) is 10.7. The molecule has 12 nitrogen and oxygen atoms in total. The maximum Gasteiger partial charge on any atom is 0.178 e. The molecule has 0 aliphatic carbocycles. The second-order valence-corrected chi connectivity index (χ2v) is 32.7. The summed E-state index contributed by atoms with van der Waals surface area (Å²) in [6.07, 6.45) is 2.84. The van der Waals surface area contributed by atoms with Gasteiger partial charge in [0.2, 0.25) is 0 Å². The molecular weight excluding hydrogens is 929 g/mol. The maximum absolute atomic E-state index is 14.5. The number of methoxy groups -OCH3 is 5. The molecule has 336 valence electrons. The SMILES string of the molecule is COC1=C2c3cc(OC)c(OC)cc3OC[C@H]2Oc2c1ccc1c2C=[C]([Sn]([CH3])([CH3])[CH3])C(C)(C)O1.COc1cc2c(cc1OC)[C@@H]1C(=O)c3ccc4c(c3O[C@@H]1CO2)C=C([18F])C(C)(C)O4. The first-order valence-corrected chi connectivity index (χ1v) is 31.2. The standard InChI is InChI=1S/C24H23O6.C23H21FO6.3CH3.Sn/c1-24(2)9-8-13-16(30-24)7-6-14-22(13)29-20-12-28-17-11-19(26-4)18(25-3)10-15(17)21(20)23(14)27-5;1-23(2)19(24)8-13-14(30-23)6-5-11-21(25)20-12-7-16(26-3)17(27-4)9-15(12)28-10-18(20)29-22(11)13;;;;/h6-8,10-11,20H,12H2,1-5H3;5-9,18,20H,10H2,1-4H3;3*1H3;/t20-;18-,20+;;;;/m11..../s1/i;24-1;;;;. The summed E-state index contributed by atoms with van der Waals surface area (Å²) in [5.74, 6) is 5.68. The van der Waals surface area contributed by atoms with Crippen LogP contribution in [-0.2, 0) is 4.74 Å². The van der Waals surface area contributed by atoms with Crippen LogP contribution in [0.15, 0.2) is 57.9 Å². The summed E-state index contributed by atoms with van der Waals surface area (Å²) >= 11 is -2.46. The van der Waals surface area contributed by atoms with Gasteiger partial charge in [0.1, 0.15) is 35.8 Å². The van der Waals surface area contributed by atoms with Gasteiger partial charge in [-0.1, -0.05) is 0 Å². The van der Waals surface area contributed by atoms with Crippen LogP contribution in [0.5, 0.6) is 57.5 Å². The number of benzene rings is 4. The molecule has 4 aromatic rings. The Morgan fingerprint density at radius 2 is 1.19 bits per heavy atom. The van der Waals surface area contributed by atoms with Crippen LogP contribution in [0, 0.1) is 0 Å². The topological polar surface area (TPSA) is 119 Å². The van der Waals surface area contributed by atoms with E-state index in [2.05, 4.69) is 34.7 Å². The van der Waals surface area contributed by atoms with E-state index in [-0.39, 0.29) is 24.1 Å². The predicted octanol–water partition coefficient (Wildman–Crippen LogP) is 10.1. The van der Waals surface area contributed by atoms with Crippen LogP contribution < -0.4 is 47.4 Å². The molecular formula is C50H53FO12Sn. The van der Waals surface area contributed by atoms with E-state index in [0.29, 0.717) is 63.5 Å². The van der Waals surface area contributed by atoms with Crippen LogP contribution in [0.4, 0.5) is 4.39 Å². The van der Waals surface area contributed by atoms with Gasteiger partial charge in [-0.3, -0.25) is 4.79 Å². The van der Waals surface area contributed by atoms with Crippen LogP contribution >= 0.6 is 0 Å². The van der Waals surface area contributed by atoms with Crippen molar-refractivity contribution in [1.82, 2.24) is 0 Å². The molecule has 0 saturated carbocycles. The molecule has 0 unspecified atom stereocenters. The number of carbonyl (C=O) groups is 1. The summed E-state index contributed by atoms with van der Waals surface area (Å²) in [6, 6.07) is 14.7. The van der Waals surface area contributed by atoms with Gasteiger partial charge in [-0.2, -0.15) is 0 Å². The summed E-state index contributed by atoms with van der Waals surface area (Å²) < 4.78 is 80.9. The molecule has 6 aliphatic rings. The minimum atomic E-state index is -2.46. The molecule has 4 aromatic carbocycles. The van der Waals surface area contributed by atoms with E-state index in [1.807, 2.05) is 24.3 Å². The Hall–Kier alpha value is -5.70. The summed E-state index contributed by atoms with van der Waals surface area (Å²) in [5, 5.41) is 0. The molecule has 0 amide bonds. The van der Waals surface area contributed by atoms with E-state index in [4.69, 9.17) is 52.1 Å². The van der Waals surface area contributed by atoms with E-state index >= 15 is 0 Å². The van der Waals surface area contributed by atoms with Crippen molar-refractivity contribution in [2.75, 3.05) is 48.8 Å². The molecule has 6 heterocycles. The Balaban J connectivity index is 0.000000163. The molecule has 0 fully saturated rings. The Labute approximate surface area is 376 Å². The number of hydrogen-bond acceptors (Lipinski definition) is 12. The van der Waals surface area contributed by atoms with Gasteiger partial charge >= 0.3 is 199 Å². The zero-order valence-electron chi connectivity index (χ0n) is 38.2. The Morgan fingerprint density at radius 1 is 0.625 bits per heavy atom. The van der Waals surface area contributed by atoms with Crippen molar-refractivity contribution < 1.29 is 61.3 Å². The molecule has 64 heavy (non-hydrogen) atoms. The molecule has 0 aromatic heterocycles. The molecule has 0 radical (unpaired) electrons. The summed E-state index contributed by atoms with van der Waals surface area (Å²) in [6.45, 7) is 8.18. The third kappa shape index (κ3) is 7.05. The minimum absolute atomic E-state index is 0.112. The fourth-order valence-corrected chi connectivity index (χ4v) is 16.5. The van der Waals surface area contributed by atoms with Crippen molar-refractivity contribution in [2.45, 2.75) is 71.8 Å². The van der Waals surface area contributed by atoms with Gasteiger partial charge < -0.3 is 23.7 Å². The number of rotatable bonds is 6. The van der Waals surface area contributed by atoms with Gasteiger partial charge in [0.05, 0.1) is 38.4 Å². The number of carbonyl (C=O) groups excluding carboxylic acids is 1. The largest absolute Gasteiger partial charge is 0.493 e. The molecule has 0 bridgehead atoms. The molecule has 0 N–H and O–H groups in total. The third-order valence-corrected chi connectivity index (χ3v) is 19.3. The van der Waals surface area contributed by atoms with Crippen LogP contribution in [0.1, 0.15) is 71.8 Å². The van der Waals surface area contributed by atoms with E-state index < -0.39 is 41.8 Å². The van der Waals surface area contributed by atoms with E-state index in [9.17, 15) is 9.18 Å². The second-order valence-electron chi connectivity index (χ2n) is 18.4. The predicted molar refractivity (Wildman–Crippen MR) is 243 cm³/mol. The van der Waals surface area contributed by atoms with Crippen LogP contribution in [0.2, 0.25) is 14.8 Å². The normalized spacial score (nSPS) is 21.1. The van der Waals surface area contributed by atoms with Gasteiger partial charge in [-0.25, -0.2) is 4.39 Å². The average Bonchev–Trinajstić information content (AvgIpc) is 3.26. The number of ketones is 1. The van der Waals surface area contributed by atoms with E-state index in [0.717, 1.165) is 45.3 Å². The first-order valence-electron chi connectivity index (χ1n) is 21.2. The third-order valence-electron chi connectivity index (χ3n) is 12.5. The summed E-state index contributed by atoms with van der Waals surface area (Å²) in [5.41, 5.74) is 3.86. The quantitative estimate of drug-likeness (QED) is 0.171. The zero-order chi connectivity index (χ0) is 45.6. The smallest absolute Gasteiger partial charge is 0.178 e. The van der Waals surface area contributed by atoms with Crippen LogP contribution in [-0.4, -0.2) is 96.3 Å². The minimum Gasteiger partial charge on any atom is -0.493 e. The molecule has 3 atom stereocenters. The molecule has 6 aliphatic heterocycles. The number of halogens is 1. The number of hydrogen-bond donors (Lipinski definition) is 0. The molecule has 0 saturated heterocycles. The summed E-state index contributed by atoms with van der Waals surface area (Å²) in [7, 11) is 8.03. The van der Waals surface area contributed by atoms with Crippen molar-refractivity contribution >= 4 is 47.6 Å². The number of Topliss-reactive ketones (excluding diaryl/α,β-unsaturated/α-hetero) is 1. The van der Waals surface area contributed by atoms with Crippen molar-refractivity contribution in [3.63, 3.8) is 0 Å². The first kappa shape index (κ1) is 43.5. The Morgan fingerprint density at radius 3 is 1.83 bits per heavy atom. The van der Waals surface area contributed by atoms with Crippen LogP contribution in [0.25, 0.3) is 23.5 Å². The van der Waals surface area contributed by atoms with Gasteiger partial charge in [0.15, 0.2) is 22.9 Å². The molecule has 14 heteroatoms. The zero-order valence-corrected chi connectivity index (χ0v) is 41.1. The maximum atomic E-state index is 14.5. The van der Waals surface area contributed by atoms with Crippen molar-refractivity contribution in [1.29, 1.82) is 0 Å². The van der Waals surface area contributed by atoms with Crippen molar-refractivity contribution in [2.24, 2.45) is 0 Å². The average molecular weight is 983 g/mol. The fourth-order valence-electron chi connectivity index (χ4n) is 9.56. The number of ether oxygens (including phenoxy) is 11. The van der Waals surface area contributed by atoms with Crippen molar-refractivity contribution in [3.8, 4) is 57.5 Å². The monoisotopic (exact) mass is 983 g/mol. The first-order chi connectivity index (χ1) is 30.4. The van der Waals surface area contributed by atoms with Gasteiger partial charge in [0.25, 0.3) is 0 Å².